The van der Waals surface area contributed by atoms with Gasteiger partial charge in [-0.1, -0.05) is 25.8 Å². The minimum Gasteiger partial charge on any atom is -0.464 e. The van der Waals surface area contributed by atoms with Gasteiger partial charge in [0.2, 0.25) is 11.8 Å². The van der Waals surface area contributed by atoms with Gasteiger partial charge in [-0.3, -0.25) is 38.9 Å². The fraction of sp³-hybridized carbons (Fsp3) is 0.558. The van der Waals surface area contributed by atoms with Gasteiger partial charge in [-0.15, -0.1) is 11.3 Å². The Morgan fingerprint density at radius 3 is 2.45 bits per heavy atom. The molecule has 3 aromatic heterocycles. The molecule has 4 aromatic rings. The molecule has 4 aliphatic heterocycles. The van der Waals surface area contributed by atoms with Crippen LogP contribution in [0.4, 0.5) is 0 Å². The topological polar surface area (TPSA) is 172 Å². The number of aryl methyl sites for hydroxylation is 1. The van der Waals surface area contributed by atoms with Gasteiger partial charge in [0.25, 0.3) is 11.8 Å². The average molecular weight is 1130 g/mol. The Hall–Kier alpha value is -3.92. The second-order valence-electron chi connectivity index (χ2n) is 20.3. The Bertz CT molecular complexity index is 2700. The van der Waals surface area contributed by atoms with E-state index in [1.54, 1.807) is 32.2 Å². The molecule has 7 heterocycles. The lowest BCUT2D eigenvalue weighted by Crippen LogP contribution is -2.61. The molecular formula is C52H77N9O7S6. The summed E-state index contributed by atoms with van der Waals surface area (Å²) >= 11 is 1.40. The minimum absolute atomic E-state index is 0. The Labute approximate surface area is 475 Å². The lowest BCUT2D eigenvalue weighted by molar-refractivity contribution is -0.155. The van der Waals surface area contributed by atoms with Crippen LogP contribution in [0.2, 0.25) is 0 Å². The van der Waals surface area contributed by atoms with Crippen molar-refractivity contribution in [3.8, 4) is 34.4 Å². The van der Waals surface area contributed by atoms with Crippen LogP contribution in [-0.4, -0.2) is 141 Å². The van der Waals surface area contributed by atoms with Crippen molar-refractivity contribution in [3.05, 3.63) is 58.2 Å². The first kappa shape index (κ1) is 64.4. The van der Waals surface area contributed by atoms with Crippen LogP contribution in [0.25, 0.3) is 33.4 Å². The smallest absolute Gasteiger partial charge is 0.324 e. The number of carbonyl (C=O) groups is 5. The van der Waals surface area contributed by atoms with Crippen LogP contribution in [0.1, 0.15) is 96.5 Å². The van der Waals surface area contributed by atoms with E-state index >= 15 is 0 Å². The average Bonchev–Trinajstić information content (AvgIpc) is 4.08. The van der Waals surface area contributed by atoms with E-state index in [4.69, 9.17) is 19.4 Å². The number of pyridine rings is 1. The summed E-state index contributed by atoms with van der Waals surface area (Å²) in [6, 6.07) is 7.57. The molecule has 22 heteroatoms. The summed E-state index contributed by atoms with van der Waals surface area (Å²) in [5.74, 6) is 3.45. The maximum absolute atomic E-state index is 14.6. The number of hydrazine groups is 1. The molecule has 74 heavy (non-hydrogen) atoms. The number of benzene rings is 1. The van der Waals surface area contributed by atoms with Crippen LogP contribution in [0.5, 0.6) is 0 Å². The normalized spacial score (nSPS) is 20.4. The van der Waals surface area contributed by atoms with Gasteiger partial charge in [0.1, 0.15) is 18.1 Å². The number of ether oxygens (including phenoxy) is 2. The molecule has 4 aliphatic rings. The number of rotatable bonds is 9. The quantitative estimate of drug-likeness (QED) is 0.150. The van der Waals surface area contributed by atoms with Crippen molar-refractivity contribution in [1.82, 2.24) is 45.0 Å². The van der Waals surface area contributed by atoms with Gasteiger partial charge in [0.05, 0.1) is 46.3 Å². The summed E-state index contributed by atoms with van der Waals surface area (Å²) in [5.41, 5.74) is 8.83. The predicted octanol–water partition coefficient (Wildman–Crippen LogP) is 5.95. The first-order valence-corrected chi connectivity index (χ1v) is 25.2. The number of fused-ring (bicyclic) bond motifs is 6. The fourth-order valence-corrected chi connectivity index (χ4v) is 10.7. The van der Waals surface area contributed by atoms with Crippen LogP contribution in [0.3, 0.4) is 0 Å². The molecule has 16 nitrogen and oxygen atoms in total. The number of nitrogens with zero attached hydrogens (tertiary/aromatic N) is 7. The third-order valence-electron chi connectivity index (χ3n) is 14.4. The van der Waals surface area contributed by atoms with E-state index in [9.17, 15) is 24.0 Å². The number of nitrogens with one attached hydrogen (secondary N) is 2. The SMILES string of the molecule is CCn1c(-c2cccnc2[C@H](C)OC)c2c3cc(ccc31)-c1csc(n1)C[C@H](NC(=O)[C@H](C)N(C)C(=O)[C@H]1CCN(C(=O)C#CC(C)(C)N3CCC3)C1)C(=O)N1CCC[C@H](N1)C(=O)OCC(C)(C)C2.S.S.S.S.S. The molecule has 0 radical (unpaired) electrons. The molecule has 0 aliphatic carbocycles. The van der Waals surface area contributed by atoms with Crippen LogP contribution < -0.4 is 10.7 Å². The highest BCUT2D eigenvalue weighted by Crippen LogP contribution is 2.42. The Morgan fingerprint density at radius 2 is 1.77 bits per heavy atom. The highest BCUT2D eigenvalue weighted by atomic mass is 32.1. The molecule has 8 rings (SSSR count). The monoisotopic (exact) mass is 1130 g/mol. The fourth-order valence-electron chi connectivity index (χ4n) is 9.90. The number of esters is 1. The van der Waals surface area contributed by atoms with E-state index < -0.39 is 52.8 Å². The van der Waals surface area contributed by atoms with Gasteiger partial charge in [0.15, 0.2) is 0 Å². The molecule has 2 N–H and O–H groups in total. The number of hydrogen-bond acceptors (Lipinski definition) is 12. The number of carbonyl (C=O) groups excluding carboxylic acids is 5. The number of hydrogen-bond donors (Lipinski definition) is 2. The third-order valence-corrected chi connectivity index (χ3v) is 15.3. The first-order valence-electron chi connectivity index (χ1n) is 24.4. The van der Waals surface area contributed by atoms with E-state index in [0.29, 0.717) is 50.3 Å². The molecule has 1 aromatic carbocycles. The van der Waals surface area contributed by atoms with Gasteiger partial charge >= 0.3 is 5.97 Å². The largest absolute Gasteiger partial charge is 0.464 e. The maximum atomic E-state index is 14.6. The number of methoxy groups -OCH3 is 1. The second kappa shape index (κ2) is 26.9. The molecule has 408 valence electrons. The molecule has 4 amide bonds. The van der Waals surface area contributed by atoms with Crippen molar-refractivity contribution in [2.45, 2.75) is 123 Å². The van der Waals surface area contributed by atoms with Crippen LogP contribution >= 0.6 is 78.8 Å². The summed E-state index contributed by atoms with van der Waals surface area (Å²) < 4.78 is 14.2. The number of thiazole rings is 1. The van der Waals surface area contributed by atoms with Gasteiger partial charge in [0, 0.05) is 98.9 Å². The van der Waals surface area contributed by atoms with Crippen molar-refractivity contribution >= 4 is 119 Å². The van der Waals surface area contributed by atoms with Gasteiger partial charge < -0.3 is 29.2 Å². The van der Waals surface area contributed by atoms with Gasteiger partial charge in [-0.25, -0.2) is 10.4 Å². The van der Waals surface area contributed by atoms with Crippen LogP contribution in [0, 0.1) is 23.2 Å². The summed E-state index contributed by atoms with van der Waals surface area (Å²) in [7, 11) is 3.26. The van der Waals surface area contributed by atoms with E-state index in [0.717, 1.165) is 64.2 Å². The van der Waals surface area contributed by atoms with Crippen molar-refractivity contribution in [2.24, 2.45) is 11.3 Å². The molecule has 6 bridgehead atoms. The van der Waals surface area contributed by atoms with Gasteiger partial charge in [-0.05, 0) is 102 Å². The van der Waals surface area contributed by atoms with Crippen LogP contribution in [0.15, 0.2) is 41.9 Å². The highest BCUT2D eigenvalue weighted by molar-refractivity contribution is 7.60. The Morgan fingerprint density at radius 1 is 1.04 bits per heavy atom. The highest BCUT2D eigenvalue weighted by Gasteiger charge is 2.39. The summed E-state index contributed by atoms with van der Waals surface area (Å²) in [6.45, 7) is 17.6. The number of likely N-dealkylation sites (N-methyl/N-ethyl adjacent to an activating group) is 1. The minimum atomic E-state index is -1.08. The summed E-state index contributed by atoms with van der Waals surface area (Å²) in [4.78, 5) is 84.7. The molecular weight excluding hydrogens is 1060 g/mol. The number of cyclic esters (lactones) is 1. The standard InChI is InChI=1S/C52H67N9O7S.5H2S/c1-10-60-42-17-16-34-26-37(42)38(46(60)36-14-11-21-53-45(36)33(3)67-9)28-51(4,5)31-68-50(66)39-15-12-24-61(56-39)49(65)40(27-43-54-41(34)30-69-43)55-47(63)32(2)57(8)48(64)35-19-25-58(29-35)44(62)18-20-52(6,7)59-22-13-23-59;;;;;/h11,14,16-17,21,26,30,32-33,35,39-40,56H,10,12-13,15,19,22-25,27-29,31H2,1-9H3,(H,55,63);5*1H2/t32-,33-,35-,39-,40-;;;;;/m0...../s1. The van der Waals surface area contributed by atoms with Gasteiger partial charge in [-0.2, -0.15) is 67.5 Å². The number of likely N-dealkylation sites (tertiary alicyclic amines) is 2. The molecule has 0 saturated carbocycles. The zero-order valence-electron chi connectivity index (χ0n) is 44.0. The lowest BCUT2D eigenvalue weighted by Gasteiger charge is -2.41. The molecule has 0 unspecified atom stereocenters. The van der Waals surface area contributed by atoms with Crippen molar-refractivity contribution in [3.63, 3.8) is 0 Å². The van der Waals surface area contributed by atoms with Crippen LogP contribution in [-0.2, 0) is 52.8 Å². The number of amides is 4. The maximum Gasteiger partial charge on any atom is 0.324 e. The lowest BCUT2D eigenvalue weighted by atomic mass is 9.84. The van der Waals surface area contributed by atoms with Crippen molar-refractivity contribution in [2.75, 3.05) is 53.5 Å². The third kappa shape index (κ3) is 13.8. The summed E-state index contributed by atoms with van der Waals surface area (Å²) in [5, 5.41) is 8.02. The molecule has 5 atom stereocenters. The van der Waals surface area contributed by atoms with Crippen molar-refractivity contribution < 1.29 is 33.4 Å². The Balaban J connectivity index is 0.00000289. The van der Waals surface area contributed by atoms with E-state index in [2.05, 4.69) is 77.1 Å². The predicted molar refractivity (Wildman–Crippen MR) is 316 cm³/mol. The zero-order chi connectivity index (χ0) is 49.4. The first-order chi connectivity index (χ1) is 32.9. The van der Waals surface area contributed by atoms with E-state index in [1.165, 1.54) is 21.2 Å². The summed E-state index contributed by atoms with van der Waals surface area (Å²) in [6.07, 6.45) is 4.75. The molecule has 3 saturated heterocycles. The number of aromatic nitrogens is 3. The Kier molecular flexibility index (Phi) is 23.4. The van der Waals surface area contributed by atoms with E-state index in [1.807, 2.05) is 32.2 Å². The van der Waals surface area contributed by atoms with Crippen molar-refractivity contribution in [1.29, 1.82) is 0 Å². The second-order valence-corrected chi connectivity index (χ2v) is 21.2. The molecule has 3 fully saturated rings. The molecule has 0 spiro atoms. The zero-order valence-corrected chi connectivity index (χ0v) is 49.8. The van der Waals surface area contributed by atoms with E-state index in [-0.39, 0.29) is 105 Å².